The molecule has 6 aromatic rings. The van der Waals surface area contributed by atoms with Crippen LogP contribution in [0.15, 0.2) is 153 Å². The van der Waals surface area contributed by atoms with Gasteiger partial charge in [-0.2, -0.15) is 10.2 Å². The number of hydrogen-bond acceptors (Lipinski definition) is 7. The highest BCUT2D eigenvalue weighted by Gasteiger charge is 2.40. The lowest BCUT2D eigenvalue weighted by molar-refractivity contribution is -0.119. The Morgan fingerprint density at radius 3 is 1.10 bits per heavy atom. The first-order chi connectivity index (χ1) is 24.3. The highest BCUT2D eigenvalue weighted by Crippen LogP contribution is 2.32. The third-order valence-corrected chi connectivity index (χ3v) is 8.31. The van der Waals surface area contributed by atoms with E-state index in [0.717, 1.165) is 0 Å². The summed E-state index contributed by atoms with van der Waals surface area (Å²) >= 11 is 24.6. The van der Waals surface area contributed by atoms with Gasteiger partial charge in [-0.25, -0.2) is 0 Å². The summed E-state index contributed by atoms with van der Waals surface area (Å²) in [4.78, 5) is 15.2. The Hall–Kier alpha value is -5.19. The predicted octanol–water partition coefficient (Wildman–Crippen LogP) is 11.0. The number of Topliss-reactive ketones (excluding diaryl/α,β-unsaturated/α-hetero) is 1. The van der Waals surface area contributed by atoms with Crippen LogP contribution in [-0.4, -0.2) is 17.5 Å². The van der Waals surface area contributed by atoms with E-state index in [-0.39, 0.29) is 17.5 Å². The minimum Gasteiger partial charge on any atom is -0.468 e. The number of benzene rings is 4. The molecule has 0 saturated carbocycles. The summed E-state index contributed by atoms with van der Waals surface area (Å²) in [6.07, 6.45) is 2.99. The van der Waals surface area contributed by atoms with E-state index in [1.165, 1.54) is 12.5 Å². The number of carbonyl (C=O) groups excluding carboxylic acids is 1. The molecule has 2 atom stereocenters. The maximum Gasteiger partial charge on any atom is 0.169 e. The summed E-state index contributed by atoms with van der Waals surface area (Å²) in [5.74, 6) is -1.52. The fraction of sp³-hybridized carbons (Fsp3) is 0.0541. The topological polar surface area (TPSA) is 116 Å². The van der Waals surface area contributed by atoms with E-state index in [1.807, 2.05) is 0 Å². The van der Waals surface area contributed by atoms with E-state index < -0.39 is 11.8 Å². The molecule has 0 saturated heterocycles. The van der Waals surface area contributed by atoms with Crippen molar-refractivity contribution in [3.8, 4) is 0 Å². The summed E-state index contributed by atoms with van der Waals surface area (Å²) in [7, 11) is 0. The van der Waals surface area contributed by atoms with Crippen LogP contribution in [0.3, 0.4) is 0 Å². The van der Waals surface area contributed by atoms with Crippen LogP contribution in [0.2, 0.25) is 20.1 Å². The van der Waals surface area contributed by atoms with Crippen LogP contribution < -0.4 is 21.5 Å². The van der Waals surface area contributed by atoms with Crippen molar-refractivity contribution in [3.63, 3.8) is 0 Å². The first-order valence-corrected chi connectivity index (χ1v) is 16.7. The Balaban J connectivity index is 1.46. The predicted molar refractivity (Wildman–Crippen MR) is 203 cm³/mol. The highest BCUT2D eigenvalue weighted by atomic mass is 35.5. The third kappa shape index (κ3) is 9.07. The van der Waals surface area contributed by atoms with Gasteiger partial charge >= 0.3 is 0 Å². The Morgan fingerprint density at radius 2 is 0.800 bits per heavy atom. The molecule has 0 bridgehead atoms. The second kappa shape index (κ2) is 16.5. The minimum atomic E-state index is -1.11. The molecule has 4 aromatic carbocycles. The van der Waals surface area contributed by atoms with Gasteiger partial charge in [-0.15, -0.1) is 0 Å². The summed E-state index contributed by atoms with van der Waals surface area (Å²) in [5.41, 5.74) is 8.61. The molecule has 6 rings (SSSR count). The van der Waals surface area contributed by atoms with Crippen LogP contribution in [-0.2, 0) is 4.79 Å². The van der Waals surface area contributed by atoms with Crippen LogP contribution in [0.5, 0.6) is 0 Å². The van der Waals surface area contributed by atoms with Crippen LogP contribution in [0.1, 0.15) is 23.4 Å². The summed E-state index contributed by atoms with van der Waals surface area (Å²) < 4.78 is 11.8. The van der Waals surface area contributed by atoms with Crippen molar-refractivity contribution < 1.29 is 13.6 Å². The van der Waals surface area contributed by atoms with Crippen molar-refractivity contribution in [2.24, 2.45) is 10.2 Å². The van der Waals surface area contributed by atoms with Crippen LogP contribution in [0.25, 0.3) is 0 Å². The van der Waals surface area contributed by atoms with Gasteiger partial charge in [-0.1, -0.05) is 46.4 Å². The van der Waals surface area contributed by atoms with Crippen LogP contribution in [0.4, 0.5) is 22.7 Å². The Bertz CT molecular complexity index is 1900. The first-order valence-electron chi connectivity index (χ1n) is 15.2. The molecule has 0 fully saturated rings. The zero-order chi connectivity index (χ0) is 34.9. The number of nitrogens with one attached hydrogen (secondary N) is 4. The van der Waals surface area contributed by atoms with E-state index in [1.54, 1.807) is 121 Å². The molecule has 13 heteroatoms. The molecule has 50 heavy (non-hydrogen) atoms. The molecule has 9 nitrogen and oxygen atoms in total. The number of halogens is 4. The van der Waals surface area contributed by atoms with Gasteiger partial charge in [0.1, 0.15) is 35.0 Å². The SMILES string of the molecule is O=C(C(C(=NNc1ccc(Cl)cc1)Nc1ccc(Cl)cc1)c1ccco1)C(C(=NNc1ccc(Cl)cc1)Nc1ccc(Cl)cc1)c1ccco1. The Morgan fingerprint density at radius 1 is 0.480 bits per heavy atom. The Labute approximate surface area is 307 Å². The number of hydrogen-bond donors (Lipinski definition) is 4. The quantitative estimate of drug-likeness (QED) is 0.0560. The molecule has 0 spiro atoms. The molecule has 2 unspecified atom stereocenters. The number of anilines is 4. The van der Waals surface area contributed by atoms with Crippen molar-refractivity contribution >= 4 is 86.6 Å². The molecule has 0 radical (unpaired) electrons. The zero-order valence-electron chi connectivity index (χ0n) is 26.0. The van der Waals surface area contributed by atoms with Gasteiger partial charge in [0, 0.05) is 31.5 Å². The molecule has 0 aliphatic rings. The number of furan rings is 2. The molecule has 0 aliphatic carbocycles. The second-order valence-corrected chi connectivity index (χ2v) is 12.5. The molecule has 0 aliphatic heterocycles. The van der Waals surface area contributed by atoms with Crippen molar-refractivity contribution in [2.45, 2.75) is 11.8 Å². The number of nitrogens with zero attached hydrogens (tertiary/aromatic N) is 2. The monoisotopic (exact) mass is 744 g/mol. The second-order valence-electron chi connectivity index (χ2n) is 10.8. The molecular formula is C37H28Cl4N6O3. The van der Waals surface area contributed by atoms with Gasteiger partial charge in [0.05, 0.1) is 23.9 Å². The number of ketones is 1. The lowest BCUT2D eigenvalue weighted by Gasteiger charge is -2.24. The zero-order valence-corrected chi connectivity index (χ0v) is 29.0. The number of rotatable bonds is 12. The minimum absolute atomic E-state index is 0.218. The fourth-order valence-corrected chi connectivity index (χ4v) is 5.39. The highest BCUT2D eigenvalue weighted by molar-refractivity contribution is 6.31. The normalized spacial score (nSPS) is 13.0. The van der Waals surface area contributed by atoms with Crippen molar-refractivity contribution in [3.05, 3.63) is 165 Å². The summed E-state index contributed by atoms with van der Waals surface area (Å²) in [6, 6.07) is 34.8. The van der Waals surface area contributed by atoms with E-state index >= 15 is 4.79 Å². The third-order valence-electron chi connectivity index (χ3n) is 7.30. The average molecular weight is 746 g/mol. The number of amidine groups is 2. The molecule has 0 amide bonds. The number of hydrazone groups is 2. The molecule has 2 heterocycles. The van der Waals surface area contributed by atoms with E-state index in [9.17, 15) is 0 Å². The summed E-state index contributed by atoms with van der Waals surface area (Å²) in [5, 5.41) is 18.2. The smallest absolute Gasteiger partial charge is 0.169 e. The van der Waals surface area contributed by atoms with Crippen LogP contribution in [0, 0.1) is 0 Å². The largest absolute Gasteiger partial charge is 0.468 e. The van der Waals surface area contributed by atoms with Crippen LogP contribution >= 0.6 is 46.4 Å². The maximum absolute atomic E-state index is 15.2. The van der Waals surface area contributed by atoms with E-state index in [0.29, 0.717) is 54.4 Å². The van der Waals surface area contributed by atoms with Gasteiger partial charge in [0.25, 0.3) is 0 Å². The van der Waals surface area contributed by atoms with Gasteiger partial charge in [0.15, 0.2) is 5.78 Å². The Kier molecular flexibility index (Phi) is 11.4. The molecule has 2 aromatic heterocycles. The van der Waals surface area contributed by atoms with Gasteiger partial charge in [0.2, 0.25) is 0 Å². The van der Waals surface area contributed by atoms with Gasteiger partial charge in [-0.05, 0) is 121 Å². The van der Waals surface area contributed by atoms with E-state index in [2.05, 4.69) is 21.5 Å². The van der Waals surface area contributed by atoms with Gasteiger partial charge < -0.3 is 19.5 Å². The summed E-state index contributed by atoms with van der Waals surface area (Å²) in [6.45, 7) is 0. The van der Waals surface area contributed by atoms with E-state index in [4.69, 9.17) is 65.4 Å². The number of carbonyl (C=O) groups is 1. The van der Waals surface area contributed by atoms with Gasteiger partial charge in [-0.3, -0.25) is 15.6 Å². The van der Waals surface area contributed by atoms with Crippen molar-refractivity contribution in [1.29, 1.82) is 0 Å². The molecule has 4 N–H and O–H groups in total. The fourth-order valence-electron chi connectivity index (χ4n) is 4.89. The average Bonchev–Trinajstić information content (AvgIpc) is 3.85. The lowest BCUT2D eigenvalue weighted by atomic mass is 9.87. The standard InChI is InChI=1S/C37H28Cl4N6O3/c38-23-5-13-27(14-6-23)42-36(46-44-29-17-9-25(40)10-18-29)33(31-3-1-21-49-31)35(48)34(32-4-2-22-50-32)37(43-28-15-7-24(39)8-16-28)47-45-30-19-11-26(41)12-20-30/h1-22,33-34,44-45H,(H,42,46)(H,43,47). The van der Waals surface area contributed by atoms with Crippen molar-refractivity contribution in [2.75, 3.05) is 21.5 Å². The van der Waals surface area contributed by atoms with Crippen molar-refractivity contribution in [1.82, 2.24) is 0 Å². The maximum atomic E-state index is 15.2. The first kappa shape index (κ1) is 34.7. The lowest BCUT2D eigenvalue weighted by Crippen LogP contribution is -2.37. The molecule has 252 valence electrons. The molecular weight excluding hydrogens is 718 g/mol.